The van der Waals surface area contributed by atoms with Crippen LogP contribution in [0, 0.1) is 0 Å². The topological polar surface area (TPSA) is 51.4 Å². The summed E-state index contributed by atoms with van der Waals surface area (Å²) in [7, 11) is 3.80. The monoisotopic (exact) mass is 345 g/mol. The lowest BCUT2D eigenvalue weighted by molar-refractivity contribution is 0.320. The first-order valence-corrected chi connectivity index (χ1v) is 8.26. The molecule has 0 fully saturated rings. The Balaban J connectivity index is 0.00000220. The summed E-state index contributed by atoms with van der Waals surface area (Å²) in [5.41, 5.74) is 6.88. The number of anilines is 1. The Morgan fingerprint density at radius 3 is 2.71 bits per heavy atom. The highest BCUT2D eigenvalue weighted by molar-refractivity contribution is 7.98. The van der Waals surface area contributed by atoms with Crippen LogP contribution in [0.15, 0.2) is 29.3 Å². The summed E-state index contributed by atoms with van der Waals surface area (Å²) in [5.74, 6) is 0.936. The third-order valence-corrected chi connectivity index (χ3v) is 4.49. The minimum atomic E-state index is 0. The Morgan fingerprint density at radius 1 is 1.38 bits per heavy atom. The molecule has 2 N–H and O–H groups in total. The van der Waals surface area contributed by atoms with Crippen LogP contribution in [0.4, 0.5) is 5.13 Å². The van der Waals surface area contributed by atoms with Crippen molar-refractivity contribution in [3.05, 3.63) is 34.8 Å². The zero-order valence-corrected chi connectivity index (χ0v) is 14.8. The van der Waals surface area contributed by atoms with Crippen LogP contribution in [-0.4, -0.2) is 30.3 Å². The van der Waals surface area contributed by atoms with Crippen molar-refractivity contribution in [2.75, 3.05) is 26.1 Å². The fourth-order valence-corrected chi connectivity index (χ4v) is 3.32. The molecule has 0 aliphatic carbocycles. The summed E-state index contributed by atoms with van der Waals surface area (Å²) >= 11 is 3.23. The fraction of sp³-hybridized carbons (Fsp3) is 0.357. The summed E-state index contributed by atoms with van der Waals surface area (Å²) < 4.78 is 5.42. The summed E-state index contributed by atoms with van der Waals surface area (Å²) in [6.45, 7) is 1.71. The van der Waals surface area contributed by atoms with Crippen molar-refractivity contribution in [2.24, 2.45) is 0 Å². The highest BCUT2D eigenvalue weighted by Crippen LogP contribution is 2.28. The minimum absolute atomic E-state index is 0. The molecular weight excluding hydrogens is 326 g/mol. The van der Waals surface area contributed by atoms with Crippen LogP contribution in [0.25, 0.3) is 0 Å². The second kappa shape index (κ2) is 8.48. The van der Waals surface area contributed by atoms with Gasteiger partial charge in [0.15, 0.2) is 5.13 Å². The molecular formula is C14H20ClN3OS2. The molecule has 0 saturated carbocycles. The van der Waals surface area contributed by atoms with Gasteiger partial charge in [-0.1, -0.05) is 6.07 Å². The van der Waals surface area contributed by atoms with Crippen LogP contribution >= 0.6 is 35.5 Å². The van der Waals surface area contributed by atoms with Crippen LogP contribution in [0.2, 0.25) is 0 Å². The number of hydrogen-bond donors (Lipinski definition) is 1. The predicted molar refractivity (Wildman–Crippen MR) is 93.7 cm³/mol. The normalized spacial score (nSPS) is 10.5. The van der Waals surface area contributed by atoms with Gasteiger partial charge < -0.3 is 10.5 Å². The molecule has 0 bridgehead atoms. The molecule has 0 unspecified atom stereocenters. The largest absolute Gasteiger partial charge is 0.496 e. The van der Waals surface area contributed by atoms with E-state index in [9.17, 15) is 0 Å². The van der Waals surface area contributed by atoms with Crippen LogP contribution in [0.5, 0.6) is 5.75 Å². The number of rotatable bonds is 6. The number of halogens is 1. The van der Waals surface area contributed by atoms with Crippen molar-refractivity contribution >= 4 is 40.6 Å². The van der Waals surface area contributed by atoms with E-state index >= 15 is 0 Å². The van der Waals surface area contributed by atoms with Gasteiger partial charge >= 0.3 is 0 Å². The van der Waals surface area contributed by atoms with E-state index in [1.165, 1.54) is 21.8 Å². The van der Waals surface area contributed by atoms with Gasteiger partial charge in [-0.2, -0.15) is 0 Å². The van der Waals surface area contributed by atoms with Crippen molar-refractivity contribution in [3.8, 4) is 5.75 Å². The standard InChI is InChI=1S/C14H19N3OS2.ClH/c1-17(9-11-7-16-14(15)20-11)8-10-4-5-13(19-3)12(6-10)18-2;/h4-7H,8-9H2,1-3H3,(H2,15,16);1H. The number of nitrogens with zero attached hydrogens (tertiary/aromatic N) is 2. The Labute approximate surface area is 140 Å². The molecule has 2 rings (SSSR count). The molecule has 0 spiro atoms. The molecule has 4 nitrogen and oxygen atoms in total. The molecule has 0 radical (unpaired) electrons. The first-order valence-electron chi connectivity index (χ1n) is 6.22. The van der Waals surface area contributed by atoms with Crippen molar-refractivity contribution in [1.29, 1.82) is 0 Å². The first-order chi connectivity index (χ1) is 9.62. The Bertz CT molecular complexity index is 577. The second-order valence-corrected chi connectivity index (χ2v) is 6.52. The Hall–Kier alpha value is -0.950. The van der Waals surface area contributed by atoms with Gasteiger partial charge in [-0.15, -0.1) is 35.5 Å². The van der Waals surface area contributed by atoms with E-state index in [1.807, 2.05) is 6.20 Å². The quantitative estimate of drug-likeness (QED) is 0.812. The number of thioether (sulfide) groups is 1. The molecule has 0 atom stereocenters. The van der Waals surface area contributed by atoms with Gasteiger partial charge in [0, 0.05) is 29.1 Å². The first kappa shape index (κ1) is 18.1. The number of methoxy groups -OCH3 is 1. The number of aromatic nitrogens is 1. The van der Waals surface area contributed by atoms with Crippen molar-refractivity contribution in [3.63, 3.8) is 0 Å². The van der Waals surface area contributed by atoms with E-state index < -0.39 is 0 Å². The molecule has 1 aromatic heterocycles. The van der Waals surface area contributed by atoms with Gasteiger partial charge in [-0.3, -0.25) is 4.90 Å². The van der Waals surface area contributed by atoms with E-state index in [0.29, 0.717) is 5.13 Å². The number of benzene rings is 1. The lowest BCUT2D eigenvalue weighted by atomic mass is 10.2. The molecule has 1 heterocycles. The van der Waals surface area contributed by atoms with Gasteiger partial charge in [-0.05, 0) is 31.0 Å². The van der Waals surface area contributed by atoms with Gasteiger partial charge in [-0.25, -0.2) is 4.98 Å². The van der Waals surface area contributed by atoms with Gasteiger partial charge in [0.05, 0.1) is 7.11 Å². The van der Waals surface area contributed by atoms with Crippen LogP contribution in [0.3, 0.4) is 0 Å². The molecule has 0 aliphatic heterocycles. The maximum absolute atomic E-state index is 5.65. The van der Waals surface area contributed by atoms with Crippen LogP contribution in [0.1, 0.15) is 10.4 Å². The van der Waals surface area contributed by atoms with E-state index in [1.54, 1.807) is 18.9 Å². The molecule has 21 heavy (non-hydrogen) atoms. The maximum atomic E-state index is 5.65. The Kier molecular flexibility index (Phi) is 7.31. The SMILES string of the molecule is COc1cc(CN(C)Cc2cnc(N)s2)ccc1SC.Cl. The minimum Gasteiger partial charge on any atom is -0.496 e. The van der Waals surface area contributed by atoms with E-state index in [2.05, 4.69) is 41.4 Å². The van der Waals surface area contributed by atoms with Gasteiger partial charge in [0.25, 0.3) is 0 Å². The molecule has 2 aromatic rings. The highest BCUT2D eigenvalue weighted by atomic mass is 35.5. The smallest absolute Gasteiger partial charge is 0.180 e. The molecule has 116 valence electrons. The third kappa shape index (κ3) is 5.07. The zero-order valence-electron chi connectivity index (χ0n) is 12.3. The van der Waals surface area contributed by atoms with E-state index in [-0.39, 0.29) is 12.4 Å². The van der Waals surface area contributed by atoms with Crippen molar-refractivity contribution < 1.29 is 4.74 Å². The predicted octanol–water partition coefficient (Wildman–Crippen LogP) is 3.51. The summed E-state index contributed by atoms with van der Waals surface area (Å²) in [4.78, 5) is 8.65. The third-order valence-electron chi connectivity index (χ3n) is 2.90. The number of hydrogen-bond acceptors (Lipinski definition) is 6. The number of nitrogen functional groups attached to an aromatic ring is 1. The fourth-order valence-electron chi connectivity index (χ4n) is 2.01. The Morgan fingerprint density at radius 2 is 2.14 bits per heavy atom. The zero-order chi connectivity index (χ0) is 14.5. The molecule has 0 aliphatic rings. The summed E-state index contributed by atoms with van der Waals surface area (Å²) in [5, 5.41) is 0.624. The van der Waals surface area contributed by atoms with Crippen molar-refractivity contribution in [2.45, 2.75) is 18.0 Å². The number of ether oxygens (including phenoxy) is 1. The average molecular weight is 346 g/mol. The van der Waals surface area contributed by atoms with Crippen LogP contribution in [-0.2, 0) is 13.1 Å². The molecule has 7 heteroatoms. The molecule has 0 amide bonds. The lowest BCUT2D eigenvalue weighted by Crippen LogP contribution is -2.16. The summed E-state index contributed by atoms with van der Waals surface area (Å²) in [6, 6.07) is 6.35. The van der Waals surface area contributed by atoms with E-state index in [0.717, 1.165) is 23.7 Å². The number of thiazole rings is 1. The average Bonchev–Trinajstić information content (AvgIpc) is 2.83. The lowest BCUT2D eigenvalue weighted by Gasteiger charge is -2.16. The molecule has 1 aromatic carbocycles. The summed E-state index contributed by atoms with van der Waals surface area (Å²) in [6.07, 6.45) is 3.89. The molecule has 0 saturated heterocycles. The van der Waals surface area contributed by atoms with Gasteiger partial charge in [0.1, 0.15) is 5.75 Å². The highest BCUT2D eigenvalue weighted by Gasteiger charge is 2.07. The second-order valence-electron chi connectivity index (χ2n) is 4.53. The van der Waals surface area contributed by atoms with E-state index in [4.69, 9.17) is 10.5 Å². The number of nitrogens with two attached hydrogens (primary N) is 1. The van der Waals surface area contributed by atoms with Crippen LogP contribution < -0.4 is 10.5 Å². The van der Waals surface area contributed by atoms with Gasteiger partial charge in [0.2, 0.25) is 0 Å². The maximum Gasteiger partial charge on any atom is 0.180 e. The van der Waals surface area contributed by atoms with Crippen molar-refractivity contribution in [1.82, 2.24) is 9.88 Å².